The van der Waals surface area contributed by atoms with Crippen molar-refractivity contribution in [2.75, 3.05) is 14.2 Å². The molecule has 15 heavy (non-hydrogen) atoms. The average molecular weight is 210 g/mol. The lowest BCUT2D eigenvalue weighted by atomic mass is 10.0. The van der Waals surface area contributed by atoms with Gasteiger partial charge in [-0.1, -0.05) is 0 Å². The summed E-state index contributed by atoms with van der Waals surface area (Å²) in [5.74, 6) is -0.0353. The van der Waals surface area contributed by atoms with Crippen molar-refractivity contribution in [1.29, 1.82) is 0 Å². The van der Waals surface area contributed by atoms with E-state index in [2.05, 4.69) is 0 Å². The molecule has 0 radical (unpaired) electrons. The zero-order valence-corrected chi connectivity index (χ0v) is 9.25. The molecule has 4 heteroatoms. The summed E-state index contributed by atoms with van der Waals surface area (Å²) in [6.07, 6.45) is 0. The highest BCUT2D eigenvalue weighted by molar-refractivity contribution is 5.93. The van der Waals surface area contributed by atoms with E-state index in [1.807, 2.05) is 6.92 Å². The number of benzene rings is 1. The van der Waals surface area contributed by atoms with Gasteiger partial charge in [0.2, 0.25) is 0 Å². The molecule has 0 spiro atoms. The first-order chi connectivity index (χ1) is 7.02. The molecular formula is C11H14O4. The van der Waals surface area contributed by atoms with Crippen LogP contribution in [0.15, 0.2) is 6.07 Å². The van der Waals surface area contributed by atoms with Crippen molar-refractivity contribution >= 4 is 5.97 Å². The third-order valence-corrected chi connectivity index (χ3v) is 2.47. The minimum absolute atomic E-state index is 0.191. The normalized spacial score (nSPS) is 9.87. The summed E-state index contributed by atoms with van der Waals surface area (Å²) < 4.78 is 10.2. The minimum Gasteiger partial charge on any atom is -0.496 e. The standard InChI is InChI=1S/C11H14O4/c1-6-7(2)10(11(12)13)9(15-4)5-8(6)14-3/h5H,1-4H3,(H,12,13). The van der Waals surface area contributed by atoms with Crippen LogP contribution in [0.5, 0.6) is 11.5 Å². The zero-order valence-electron chi connectivity index (χ0n) is 9.25. The first-order valence-corrected chi connectivity index (χ1v) is 4.48. The highest BCUT2D eigenvalue weighted by Crippen LogP contribution is 2.32. The van der Waals surface area contributed by atoms with E-state index in [9.17, 15) is 4.79 Å². The third-order valence-electron chi connectivity index (χ3n) is 2.47. The van der Waals surface area contributed by atoms with Crippen LogP contribution in [0.3, 0.4) is 0 Å². The van der Waals surface area contributed by atoms with Crippen molar-refractivity contribution in [2.24, 2.45) is 0 Å². The molecule has 0 bridgehead atoms. The molecule has 1 N–H and O–H groups in total. The van der Waals surface area contributed by atoms with Crippen molar-refractivity contribution in [3.05, 3.63) is 22.8 Å². The Hall–Kier alpha value is -1.71. The van der Waals surface area contributed by atoms with E-state index in [0.717, 1.165) is 5.56 Å². The molecule has 0 aromatic heterocycles. The van der Waals surface area contributed by atoms with Gasteiger partial charge in [-0.05, 0) is 25.0 Å². The molecule has 1 aromatic rings. The van der Waals surface area contributed by atoms with E-state index in [1.54, 1.807) is 20.1 Å². The van der Waals surface area contributed by atoms with Gasteiger partial charge in [0.15, 0.2) is 0 Å². The van der Waals surface area contributed by atoms with Gasteiger partial charge in [-0.2, -0.15) is 0 Å². The van der Waals surface area contributed by atoms with Gasteiger partial charge in [-0.15, -0.1) is 0 Å². The van der Waals surface area contributed by atoms with Gasteiger partial charge in [0.05, 0.1) is 14.2 Å². The number of ether oxygens (including phenoxy) is 2. The summed E-state index contributed by atoms with van der Waals surface area (Å²) in [5, 5.41) is 9.04. The zero-order chi connectivity index (χ0) is 11.6. The van der Waals surface area contributed by atoms with Crippen molar-refractivity contribution in [3.63, 3.8) is 0 Å². The fraction of sp³-hybridized carbons (Fsp3) is 0.364. The lowest BCUT2D eigenvalue weighted by molar-refractivity contribution is 0.0692. The number of aromatic carboxylic acids is 1. The van der Waals surface area contributed by atoms with Gasteiger partial charge >= 0.3 is 5.97 Å². The Labute approximate surface area is 88.4 Å². The van der Waals surface area contributed by atoms with E-state index in [-0.39, 0.29) is 5.56 Å². The maximum Gasteiger partial charge on any atom is 0.339 e. The monoisotopic (exact) mass is 210 g/mol. The topological polar surface area (TPSA) is 55.8 Å². The quantitative estimate of drug-likeness (QED) is 0.829. The van der Waals surface area contributed by atoms with E-state index >= 15 is 0 Å². The van der Waals surface area contributed by atoms with Crippen LogP contribution >= 0.6 is 0 Å². The number of rotatable bonds is 3. The van der Waals surface area contributed by atoms with Crippen LogP contribution < -0.4 is 9.47 Å². The number of carboxylic acids is 1. The Morgan fingerprint density at radius 2 is 1.67 bits per heavy atom. The largest absolute Gasteiger partial charge is 0.496 e. The second-order valence-corrected chi connectivity index (χ2v) is 3.21. The predicted molar refractivity (Wildman–Crippen MR) is 56.0 cm³/mol. The number of hydrogen-bond acceptors (Lipinski definition) is 3. The van der Waals surface area contributed by atoms with E-state index in [4.69, 9.17) is 14.6 Å². The first kappa shape index (κ1) is 11.4. The van der Waals surface area contributed by atoms with E-state index < -0.39 is 5.97 Å². The van der Waals surface area contributed by atoms with Gasteiger partial charge in [-0.3, -0.25) is 0 Å². The highest BCUT2D eigenvalue weighted by Gasteiger charge is 2.18. The van der Waals surface area contributed by atoms with Gasteiger partial charge in [0.1, 0.15) is 17.1 Å². The van der Waals surface area contributed by atoms with Crippen molar-refractivity contribution in [3.8, 4) is 11.5 Å². The second-order valence-electron chi connectivity index (χ2n) is 3.21. The summed E-state index contributed by atoms with van der Waals surface area (Å²) in [5.41, 5.74) is 1.67. The summed E-state index contributed by atoms with van der Waals surface area (Å²) in [6.45, 7) is 3.56. The first-order valence-electron chi connectivity index (χ1n) is 4.48. The Morgan fingerprint density at radius 3 is 2.07 bits per heavy atom. The Morgan fingerprint density at radius 1 is 1.13 bits per heavy atom. The van der Waals surface area contributed by atoms with Crippen LogP contribution in [-0.4, -0.2) is 25.3 Å². The summed E-state index contributed by atoms with van der Waals surface area (Å²) in [4.78, 5) is 11.0. The van der Waals surface area contributed by atoms with Gasteiger partial charge in [-0.25, -0.2) is 4.79 Å². The second kappa shape index (κ2) is 4.21. The summed E-state index contributed by atoms with van der Waals surface area (Å²) >= 11 is 0. The summed E-state index contributed by atoms with van der Waals surface area (Å²) in [6, 6.07) is 1.59. The van der Waals surface area contributed by atoms with Crippen LogP contribution in [0.4, 0.5) is 0 Å². The molecule has 0 heterocycles. The molecule has 0 aliphatic rings. The molecule has 0 atom stereocenters. The number of hydrogen-bond donors (Lipinski definition) is 1. The molecular weight excluding hydrogens is 196 g/mol. The average Bonchev–Trinajstić information content (AvgIpc) is 2.20. The van der Waals surface area contributed by atoms with Gasteiger partial charge < -0.3 is 14.6 Å². The Kier molecular flexibility index (Phi) is 3.19. The van der Waals surface area contributed by atoms with E-state index in [1.165, 1.54) is 7.11 Å². The Bertz CT molecular complexity index is 396. The third kappa shape index (κ3) is 1.88. The van der Waals surface area contributed by atoms with Crippen LogP contribution in [0, 0.1) is 13.8 Å². The number of carboxylic acid groups (broad SMARTS) is 1. The smallest absolute Gasteiger partial charge is 0.339 e. The number of methoxy groups -OCH3 is 2. The predicted octanol–water partition coefficient (Wildman–Crippen LogP) is 2.02. The SMILES string of the molecule is COc1cc(OC)c(C(=O)O)c(C)c1C. The van der Waals surface area contributed by atoms with Crippen LogP contribution in [0.25, 0.3) is 0 Å². The maximum atomic E-state index is 11.0. The van der Waals surface area contributed by atoms with Crippen LogP contribution in [-0.2, 0) is 0 Å². The lowest BCUT2D eigenvalue weighted by Gasteiger charge is -2.14. The Balaban J connectivity index is 3.51. The van der Waals surface area contributed by atoms with Crippen LogP contribution in [0.1, 0.15) is 21.5 Å². The molecule has 0 aliphatic heterocycles. The van der Waals surface area contributed by atoms with Crippen molar-refractivity contribution in [2.45, 2.75) is 13.8 Å². The van der Waals surface area contributed by atoms with Gasteiger partial charge in [0, 0.05) is 6.07 Å². The number of carbonyl (C=O) groups is 1. The lowest BCUT2D eigenvalue weighted by Crippen LogP contribution is -2.06. The fourth-order valence-corrected chi connectivity index (χ4v) is 1.50. The molecule has 82 valence electrons. The molecule has 0 unspecified atom stereocenters. The molecule has 0 saturated heterocycles. The molecule has 1 rings (SSSR count). The van der Waals surface area contributed by atoms with Crippen molar-refractivity contribution < 1.29 is 19.4 Å². The molecule has 1 aromatic carbocycles. The highest BCUT2D eigenvalue weighted by atomic mass is 16.5. The summed E-state index contributed by atoms with van der Waals surface area (Å²) in [7, 11) is 2.98. The molecule has 0 amide bonds. The molecule has 0 saturated carbocycles. The van der Waals surface area contributed by atoms with Crippen molar-refractivity contribution in [1.82, 2.24) is 0 Å². The van der Waals surface area contributed by atoms with E-state index in [0.29, 0.717) is 17.1 Å². The fourth-order valence-electron chi connectivity index (χ4n) is 1.50. The maximum absolute atomic E-state index is 11.0. The molecule has 0 fully saturated rings. The molecule has 4 nitrogen and oxygen atoms in total. The van der Waals surface area contributed by atoms with Gasteiger partial charge in [0.25, 0.3) is 0 Å². The molecule has 0 aliphatic carbocycles. The van der Waals surface area contributed by atoms with Crippen LogP contribution in [0.2, 0.25) is 0 Å². The minimum atomic E-state index is -0.991.